The van der Waals surface area contributed by atoms with Gasteiger partial charge in [-0.1, -0.05) is 44.2 Å². The summed E-state index contributed by atoms with van der Waals surface area (Å²) >= 11 is 0. The minimum atomic E-state index is -0.534. The lowest BCUT2D eigenvalue weighted by Gasteiger charge is -2.38. The van der Waals surface area contributed by atoms with Crippen LogP contribution in [0, 0.1) is 6.92 Å². The van der Waals surface area contributed by atoms with Gasteiger partial charge in [0.05, 0.1) is 6.10 Å². The van der Waals surface area contributed by atoms with Gasteiger partial charge in [-0.05, 0) is 37.0 Å². The van der Waals surface area contributed by atoms with Gasteiger partial charge in [-0.25, -0.2) is 0 Å². The van der Waals surface area contributed by atoms with Crippen LogP contribution in [0.2, 0.25) is 0 Å². The zero-order valence-corrected chi connectivity index (χ0v) is 12.5. The van der Waals surface area contributed by atoms with Gasteiger partial charge in [0.1, 0.15) is 0 Å². The predicted octanol–water partition coefficient (Wildman–Crippen LogP) is 4.18. The number of rotatable bonds is 5. The van der Waals surface area contributed by atoms with Gasteiger partial charge in [0.25, 0.3) is 0 Å². The second-order valence-corrected chi connectivity index (χ2v) is 5.36. The van der Waals surface area contributed by atoms with E-state index in [0.29, 0.717) is 0 Å². The van der Waals surface area contributed by atoms with E-state index in [9.17, 15) is 5.11 Å². The summed E-state index contributed by atoms with van der Waals surface area (Å²) in [6, 6.07) is 12.3. The summed E-state index contributed by atoms with van der Waals surface area (Å²) < 4.78 is 0. The van der Waals surface area contributed by atoms with E-state index in [4.69, 9.17) is 0 Å². The Morgan fingerprint density at radius 1 is 1.10 bits per heavy atom. The first kappa shape index (κ1) is 14.7. The Kier molecular flexibility index (Phi) is 4.56. The lowest BCUT2D eigenvalue weighted by Crippen LogP contribution is -2.33. The summed E-state index contributed by atoms with van der Waals surface area (Å²) in [6.07, 6.45) is 4.82. The first-order valence-corrected chi connectivity index (χ1v) is 7.29. The largest absolute Gasteiger partial charge is 0.387 e. The Balaban J connectivity index is 2.51. The molecule has 0 saturated carbocycles. The molecular weight excluding hydrogens is 246 g/mol. The number of aromatic nitrogens is 1. The predicted molar refractivity (Wildman–Crippen MR) is 82.6 cm³/mol. The average Bonchev–Trinajstić information content (AvgIpc) is 2.50. The molecule has 0 aliphatic heterocycles. The van der Waals surface area contributed by atoms with Crippen LogP contribution in [0.15, 0.2) is 48.8 Å². The molecule has 1 N–H and O–H groups in total. The van der Waals surface area contributed by atoms with Gasteiger partial charge in [0.2, 0.25) is 0 Å². The highest BCUT2D eigenvalue weighted by Gasteiger charge is 2.37. The van der Waals surface area contributed by atoms with Crippen molar-refractivity contribution in [3.8, 4) is 0 Å². The molecule has 0 radical (unpaired) electrons. The average molecular weight is 269 g/mol. The van der Waals surface area contributed by atoms with Crippen molar-refractivity contribution in [3.63, 3.8) is 0 Å². The summed E-state index contributed by atoms with van der Waals surface area (Å²) in [5.41, 5.74) is 2.96. The second kappa shape index (κ2) is 6.19. The Morgan fingerprint density at radius 3 is 2.30 bits per heavy atom. The molecule has 1 atom stereocenters. The fourth-order valence-electron chi connectivity index (χ4n) is 3.03. The highest BCUT2D eigenvalue weighted by Crippen LogP contribution is 2.43. The Bertz CT molecular complexity index is 546. The summed E-state index contributed by atoms with van der Waals surface area (Å²) in [4.78, 5) is 4.18. The van der Waals surface area contributed by atoms with E-state index in [1.54, 1.807) is 12.4 Å². The van der Waals surface area contributed by atoms with Crippen molar-refractivity contribution in [2.75, 3.05) is 0 Å². The summed E-state index contributed by atoms with van der Waals surface area (Å²) in [7, 11) is 0. The van der Waals surface area contributed by atoms with Crippen molar-refractivity contribution in [1.82, 2.24) is 4.98 Å². The van der Waals surface area contributed by atoms with E-state index in [2.05, 4.69) is 31.0 Å². The Hall–Kier alpha value is -1.67. The topological polar surface area (TPSA) is 33.1 Å². The van der Waals surface area contributed by atoms with Crippen LogP contribution in [0.3, 0.4) is 0 Å². The maximum Gasteiger partial charge on any atom is 0.0903 e. The van der Waals surface area contributed by atoms with Gasteiger partial charge in [-0.15, -0.1) is 0 Å². The fourth-order valence-corrected chi connectivity index (χ4v) is 3.03. The molecule has 1 unspecified atom stereocenters. The molecule has 0 amide bonds. The zero-order chi connectivity index (χ0) is 14.6. The Labute approximate surface area is 121 Å². The van der Waals surface area contributed by atoms with Crippen LogP contribution in [0.25, 0.3) is 0 Å². The van der Waals surface area contributed by atoms with Crippen LogP contribution in [0.5, 0.6) is 0 Å². The molecule has 2 aromatic rings. The number of aliphatic hydroxyl groups excluding tert-OH is 1. The van der Waals surface area contributed by atoms with E-state index < -0.39 is 6.10 Å². The zero-order valence-electron chi connectivity index (χ0n) is 12.5. The van der Waals surface area contributed by atoms with E-state index >= 15 is 0 Å². The monoisotopic (exact) mass is 269 g/mol. The molecule has 2 nitrogen and oxygen atoms in total. The highest BCUT2D eigenvalue weighted by molar-refractivity contribution is 5.34. The van der Waals surface area contributed by atoms with E-state index in [1.807, 2.05) is 31.2 Å². The number of aryl methyl sites for hydroxylation is 1. The Morgan fingerprint density at radius 2 is 1.75 bits per heavy atom. The van der Waals surface area contributed by atoms with E-state index in [1.165, 1.54) is 5.56 Å². The van der Waals surface area contributed by atoms with Crippen molar-refractivity contribution >= 4 is 0 Å². The molecule has 0 bridgehead atoms. The molecule has 106 valence electrons. The SMILES string of the molecule is CCC(CC)(c1ccccc1)C(O)c1cnccc1C. The van der Waals surface area contributed by atoms with Crippen molar-refractivity contribution in [2.24, 2.45) is 0 Å². The molecule has 1 aromatic heterocycles. The first-order valence-electron chi connectivity index (χ1n) is 7.29. The van der Waals surface area contributed by atoms with Gasteiger partial charge < -0.3 is 5.11 Å². The standard InChI is InChI=1S/C18H23NO/c1-4-18(5-2,15-9-7-6-8-10-15)17(20)16-13-19-12-11-14(16)3/h6-13,17,20H,4-5H2,1-3H3. The van der Waals surface area contributed by atoms with Crippen molar-refractivity contribution < 1.29 is 5.11 Å². The lowest BCUT2D eigenvalue weighted by atomic mass is 9.69. The maximum atomic E-state index is 11.0. The van der Waals surface area contributed by atoms with Gasteiger partial charge in [0.15, 0.2) is 0 Å². The fraction of sp³-hybridized carbons (Fsp3) is 0.389. The lowest BCUT2D eigenvalue weighted by molar-refractivity contribution is 0.0719. The molecule has 1 aromatic carbocycles. The molecule has 0 saturated heterocycles. The number of aliphatic hydroxyl groups is 1. The third-order valence-corrected chi connectivity index (χ3v) is 4.51. The van der Waals surface area contributed by atoms with Crippen LogP contribution < -0.4 is 0 Å². The number of pyridine rings is 1. The van der Waals surface area contributed by atoms with Crippen LogP contribution in [-0.4, -0.2) is 10.1 Å². The van der Waals surface area contributed by atoms with Gasteiger partial charge in [0, 0.05) is 23.4 Å². The smallest absolute Gasteiger partial charge is 0.0903 e. The van der Waals surface area contributed by atoms with Crippen molar-refractivity contribution in [3.05, 3.63) is 65.5 Å². The minimum absolute atomic E-state index is 0.255. The molecule has 2 rings (SSSR count). The van der Waals surface area contributed by atoms with Gasteiger partial charge in [-0.2, -0.15) is 0 Å². The van der Waals surface area contributed by atoms with Crippen LogP contribution in [0.4, 0.5) is 0 Å². The maximum absolute atomic E-state index is 11.0. The number of benzene rings is 1. The molecule has 0 spiro atoms. The van der Waals surface area contributed by atoms with Gasteiger partial charge in [-0.3, -0.25) is 4.98 Å². The first-order chi connectivity index (χ1) is 9.65. The third kappa shape index (κ3) is 2.48. The van der Waals surface area contributed by atoms with E-state index in [-0.39, 0.29) is 5.41 Å². The van der Waals surface area contributed by atoms with E-state index in [0.717, 1.165) is 24.0 Å². The quantitative estimate of drug-likeness (QED) is 0.883. The number of hydrogen-bond donors (Lipinski definition) is 1. The van der Waals surface area contributed by atoms with Gasteiger partial charge >= 0.3 is 0 Å². The summed E-state index contributed by atoms with van der Waals surface area (Å²) in [6.45, 7) is 6.32. The van der Waals surface area contributed by atoms with Crippen LogP contribution >= 0.6 is 0 Å². The molecule has 0 aliphatic carbocycles. The molecule has 0 fully saturated rings. The highest BCUT2D eigenvalue weighted by atomic mass is 16.3. The molecule has 2 heteroatoms. The number of hydrogen-bond acceptors (Lipinski definition) is 2. The van der Waals surface area contributed by atoms with Crippen LogP contribution in [-0.2, 0) is 5.41 Å². The molecule has 20 heavy (non-hydrogen) atoms. The van der Waals surface area contributed by atoms with Crippen molar-refractivity contribution in [2.45, 2.75) is 45.1 Å². The summed E-state index contributed by atoms with van der Waals surface area (Å²) in [5.74, 6) is 0. The molecular formula is C18H23NO. The minimum Gasteiger partial charge on any atom is -0.387 e. The normalized spacial score (nSPS) is 13.2. The molecule has 0 aliphatic rings. The molecule has 1 heterocycles. The van der Waals surface area contributed by atoms with Crippen molar-refractivity contribution in [1.29, 1.82) is 0 Å². The third-order valence-electron chi connectivity index (χ3n) is 4.51. The summed E-state index contributed by atoms with van der Waals surface area (Å²) in [5, 5.41) is 11.0. The second-order valence-electron chi connectivity index (χ2n) is 5.36. The number of nitrogens with zero attached hydrogens (tertiary/aromatic N) is 1. The van der Waals surface area contributed by atoms with Crippen LogP contribution in [0.1, 0.15) is 49.5 Å².